The number of ether oxygens (including phenoxy) is 3. The first kappa shape index (κ1) is 19.3. The molecule has 0 spiro atoms. The first-order valence-electron chi connectivity index (χ1n) is 8.21. The van der Waals surface area contributed by atoms with Crippen molar-refractivity contribution in [1.29, 1.82) is 0 Å². The number of nitrogens with one attached hydrogen (secondary N) is 1. The third-order valence-electron chi connectivity index (χ3n) is 3.52. The lowest BCUT2D eigenvalue weighted by Gasteiger charge is -2.10. The molecule has 1 aromatic carbocycles. The van der Waals surface area contributed by atoms with Gasteiger partial charge in [0.1, 0.15) is 0 Å². The minimum Gasteiger partial charge on any atom is -0.493 e. The third-order valence-corrected chi connectivity index (χ3v) is 3.52. The molecule has 0 aliphatic heterocycles. The molecule has 0 radical (unpaired) electrons. The SMILES string of the molecule is CCn1cc(NC(=O)c2ccc(OC)c(OC)c2)c(C(=O)OC(C)C)n1. The molecule has 0 atom stereocenters. The lowest BCUT2D eigenvalue weighted by Crippen LogP contribution is -2.17. The smallest absolute Gasteiger partial charge is 0.361 e. The number of methoxy groups -OCH3 is 2. The Labute approximate surface area is 152 Å². The average molecular weight is 361 g/mol. The van der Waals surface area contributed by atoms with Crippen molar-refractivity contribution in [1.82, 2.24) is 9.78 Å². The summed E-state index contributed by atoms with van der Waals surface area (Å²) in [6.07, 6.45) is 1.30. The molecule has 0 saturated carbocycles. The van der Waals surface area contributed by atoms with Gasteiger partial charge in [0.15, 0.2) is 17.2 Å². The number of esters is 1. The van der Waals surface area contributed by atoms with Gasteiger partial charge in [0, 0.05) is 18.3 Å². The molecule has 1 heterocycles. The molecule has 0 aliphatic rings. The highest BCUT2D eigenvalue weighted by Crippen LogP contribution is 2.28. The topological polar surface area (TPSA) is 91.7 Å². The molecule has 1 aromatic heterocycles. The fourth-order valence-corrected chi connectivity index (χ4v) is 2.27. The van der Waals surface area contributed by atoms with Gasteiger partial charge in [0.25, 0.3) is 5.91 Å². The number of anilines is 1. The van der Waals surface area contributed by atoms with Crippen molar-refractivity contribution in [3.63, 3.8) is 0 Å². The second-order valence-electron chi connectivity index (χ2n) is 5.73. The number of carbonyl (C=O) groups excluding carboxylic acids is 2. The predicted octanol–water partition coefficient (Wildman–Crippen LogP) is 2.74. The number of benzene rings is 1. The van der Waals surface area contributed by atoms with E-state index in [-0.39, 0.29) is 17.5 Å². The van der Waals surface area contributed by atoms with Crippen LogP contribution in [0, 0.1) is 0 Å². The molecule has 26 heavy (non-hydrogen) atoms. The Bertz CT molecular complexity index is 798. The van der Waals surface area contributed by atoms with E-state index in [4.69, 9.17) is 14.2 Å². The van der Waals surface area contributed by atoms with Gasteiger partial charge in [0.2, 0.25) is 0 Å². The highest BCUT2D eigenvalue weighted by Gasteiger charge is 2.21. The highest BCUT2D eigenvalue weighted by atomic mass is 16.5. The molecule has 0 fully saturated rings. The highest BCUT2D eigenvalue weighted by molar-refractivity contribution is 6.07. The maximum atomic E-state index is 12.6. The van der Waals surface area contributed by atoms with Crippen LogP contribution < -0.4 is 14.8 Å². The van der Waals surface area contributed by atoms with Gasteiger partial charge < -0.3 is 19.5 Å². The summed E-state index contributed by atoms with van der Waals surface area (Å²) in [5.74, 6) is -0.0390. The van der Waals surface area contributed by atoms with Crippen LogP contribution in [0.3, 0.4) is 0 Å². The van der Waals surface area contributed by atoms with E-state index >= 15 is 0 Å². The number of aryl methyl sites for hydroxylation is 1. The minimum atomic E-state index is -0.588. The van der Waals surface area contributed by atoms with E-state index in [1.165, 1.54) is 14.2 Å². The van der Waals surface area contributed by atoms with E-state index < -0.39 is 11.9 Å². The maximum Gasteiger partial charge on any atom is 0.361 e. The molecule has 2 aromatic rings. The molecular weight excluding hydrogens is 338 g/mol. The lowest BCUT2D eigenvalue weighted by molar-refractivity contribution is 0.0371. The van der Waals surface area contributed by atoms with Crippen molar-refractivity contribution in [3.8, 4) is 11.5 Å². The number of nitrogens with zero attached hydrogens (tertiary/aromatic N) is 2. The zero-order valence-corrected chi connectivity index (χ0v) is 15.5. The quantitative estimate of drug-likeness (QED) is 0.763. The molecule has 1 N–H and O–H groups in total. The van der Waals surface area contributed by atoms with Crippen molar-refractivity contribution >= 4 is 17.6 Å². The van der Waals surface area contributed by atoms with Crippen LogP contribution in [0.5, 0.6) is 11.5 Å². The Morgan fingerprint density at radius 1 is 1.19 bits per heavy atom. The number of carbonyl (C=O) groups is 2. The summed E-state index contributed by atoms with van der Waals surface area (Å²) in [6.45, 7) is 5.92. The summed E-state index contributed by atoms with van der Waals surface area (Å²) in [5, 5.41) is 6.88. The van der Waals surface area contributed by atoms with E-state index in [0.29, 0.717) is 23.6 Å². The summed E-state index contributed by atoms with van der Waals surface area (Å²) in [4.78, 5) is 24.8. The summed E-state index contributed by atoms with van der Waals surface area (Å²) in [6, 6.07) is 4.80. The van der Waals surface area contributed by atoms with Crippen LogP contribution in [-0.4, -0.2) is 42.0 Å². The molecule has 0 bridgehead atoms. The number of hydrogen-bond acceptors (Lipinski definition) is 6. The number of hydrogen-bond donors (Lipinski definition) is 1. The van der Waals surface area contributed by atoms with Crippen molar-refractivity contribution in [2.24, 2.45) is 0 Å². The zero-order chi connectivity index (χ0) is 19.3. The van der Waals surface area contributed by atoms with Crippen LogP contribution in [0.1, 0.15) is 41.6 Å². The van der Waals surface area contributed by atoms with E-state index in [1.807, 2.05) is 6.92 Å². The molecule has 0 saturated heterocycles. The normalized spacial score (nSPS) is 10.5. The van der Waals surface area contributed by atoms with Gasteiger partial charge >= 0.3 is 5.97 Å². The van der Waals surface area contributed by atoms with Crippen molar-refractivity contribution in [2.45, 2.75) is 33.4 Å². The largest absolute Gasteiger partial charge is 0.493 e. The van der Waals surface area contributed by atoms with Crippen molar-refractivity contribution in [3.05, 3.63) is 35.7 Å². The molecule has 1 amide bonds. The monoisotopic (exact) mass is 361 g/mol. The second-order valence-corrected chi connectivity index (χ2v) is 5.73. The number of amides is 1. The van der Waals surface area contributed by atoms with Gasteiger partial charge in [-0.25, -0.2) is 4.79 Å². The van der Waals surface area contributed by atoms with E-state index in [2.05, 4.69) is 10.4 Å². The number of aromatic nitrogens is 2. The van der Waals surface area contributed by atoms with E-state index in [1.54, 1.807) is 42.9 Å². The molecule has 2 rings (SSSR count). The fraction of sp³-hybridized carbons (Fsp3) is 0.389. The predicted molar refractivity (Wildman–Crippen MR) is 96.0 cm³/mol. The molecule has 0 aliphatic carbocycles. The standard InChI is InChI=1S/C18H23N3O5/c1-6-21-10-13(16(20-21)18(23)26-11(2)3)19-17(22)12-7-8-14(24-4)15(9-12)25-5/h7-11H,6H2,1-5H3,(H,19,22). The Balaban J connectivity index is 2.28. The summed E-state index contributed by atoms with van der Waals surface area (Å²) >= 11 is 0. The van der Waals surface area contributed by atoms with Crippen LogP contribution in [-0.2, 0) is 11.3 Å². The van der Waals surface area contributed by atoms with Crippen LogP contribution in [0.4, 0.5) is 5.69 Å². The Morgan fingerprint density at radius 2 is 1.88 bits per heavy atom. The summed E-state index contributed by atoms with van der Waals surface area (Å²) in [7, 11) is 3.01. The van der Waals surface area contributed by atoms with Crippen molar-refractivity contribution in [2.75, 3.05) is 19.5 Å². The lowest BCUT2D eigenvalue weighted by atomic mass is 10.2. The molecule has 140 valence electrons. The maximum absolute atomic E-state index is 12.6. The zero-order valence-electron chi connectivity index (χ0n) is 15.5. The van der Waals surface area contributed by atoms with Gasteiger partial charge in [0.05, 0.1) is 26.0 Å². The van der Waals surface area contributed by atoms with Crippen LogP contribution >= 0.6 is 0 Å². The first-order chi connectivity index (χ1) is 12.4. The first-order valence-corrected chi connectivity index (χ1v) is 8.21. The average Bonchev–Trinajstić information content (AvgIpc) is 3.03. The second kappa shape index (κ2) is 8.37. The van der Waals surface area contributed by atoms with Gasteiger partial charge in [-0.3, -0.25) is 9.48 Å². The van der Waals surface area contributed by atoms with E-state index in [9.17, 15) is 9.59 Å². The molecular formula is C18H23N3O5. The molecule has 8 nitrogen and oxygen atoms in total. The van der Waals surface area contributed by atoms with Crippen LogP contribution in [0.25, 0.3) is 0 Å². The Hall–Kier alpha value is -3.03. The Morgan fingerprint density at radius 3 is 2.46 bits per heavy atom. The summed E-state index contributed by atoms with van der Waals surface area (Å²) < 4.78 is 17.1. The summed E-state index contributed by atoms with van der Waals surface area (Å²) in [5.41, 5.74) is 0.710. The van der Waals surface area contributed by atoms with Crippen LogP contribution in [0.2, 0.25) is 0 Å². The Kier molecular flexibility index (Phi) is 6.21. The van der Waals surface area contributed by atoms with Crippen LogP contribution in [0.15, 0.2) is 24.4 Å². The van der Waals surface area contributed by atoms with Gasteiger partial charge in [-0.05, 0) is 39.0 Å². The molecule has 8 heteroatoms. The van der Waals surface area contributed by atoms with Crippen molar-refractivity contribution < 1.29 is 23.8 Å². The van der Waals surface area contributed by atoms with Gasteiger partial charge in [-0.2, -0.15) is 5.10 Å². The number of rotatable bonds is 7. The third kappa shape index (κ3) is 4.33. The van der Waals surface area contributed by atoms with Gasteiger partial charge in [-0.15, -0.1) is 0 Å². The molecule has 0 unspecified atom stereocenters. The minimum absolute atomic E-state index is 0.0642. The van der Waals surface area contributed by atoms with Gasteiger partial charge in [-0.1, -0.05) is 0 Å². The fourth-order valence-electron chi connectivity index (χ4n) is 2.27. The van der Waals surface area contributed by atoms with E-state index in [0.717, 1.165) is 0 Å².